The van der Waals surface area contributed by atoms with Crippen LogP contribution in [0.4, 0.5) is 0 Å². The Kier molecular flexibility index (Phi) is 4.19. The van der Waals surface area contributed by atoms with E-state index in [1.165, 1.54) is 38.7 Å². The van der Waals surface area contributed by atoms with Gasteiger partial charge in [0.1, 0.15) is 0 Å². The third-order valence-electron chi connectivity index (χ3n) is 4.57. The van der Waals surface area contributed by atoms with Gasteiger partial charge in [-0.05, 0) is 61.9 Å². The Hall–Kier alpha value is -1.12. The monoisotopic (exact) mass is 343 g/mol. The summed E-state index contributed by atoms with van der Waals surface area (Å²) in [6.45, 7) is 6.64. The molecule has 0 bridgehead atoms. The fourth-order valence-corrected chi connectivity index (χ4v) is 3.98. The molecule has 0 amide bonds. The zero-order chi connectivity index (χ0) is 15.0. The summed E-state index contributed by atoms with van der Waals surface area (Å²) in [5.74, 6) is 0. The molecule has 0 aliphatic heterocycles. The van der Waals surface area contributed by atoms with E-state index >= 15 is 0 Å². The number of benzene rings is 2. The summed E-state index contributed by atoms with van der Waals surface area (Å²) in [6.07, 6.45) is 2.35. The Bertz CT molecular complexity index is 663. The maximum Gasteiger partial charge on any atom is 0.0331 e. The van der Waals surface area contributed by atoms with Crippen molar-refractivity contribution in [3.8, 4) is 0 Å². The molecule has 110 valence electrons. The standard InChI is InChI=1S/C19H22BrN/c1-12-7-8-13(2)17(11-12)14(3)21-19-10-9-15-16(19)5-4-6-18(15)20/h4-8,11,14,19,21H,9-10H2,1-3H3. The van der Waals surface area contributed by atoms with Gasteiger partial charge < -0.3 is 5.32 Å². The highest BCUT2D eigenvalue weighted by atomic mass is 79.9. The molecule has 2 aromatic rings. The molecule has 0 fully saturated rings. The van der Waals surface area contributed by atoms with Gasteiger partial charge in [-0.3, -0.25) is 0 Å². The fourth-order valence-electron chi connectivity index (χ4n) is 3.40. The van der Waals surface area contributed by atoms with E-state index in [1.54, 1.807) is 0 Å². The van der Waals surface area contributed by atoms with Crippen molar-refractivity contribution in [3.63, 3.8) is 0 Å². The topological polar surface area (TPSA) is 12.0 Å². The first-order valence-corrected chi connectivity index (χ1v) is 8.46. The number of nitrogens with one attached hydrogen (secondary N) is 1. The number of hydrogen-bond donors (Lipinski definition) is 1. The minimum absolute atomic E-state index is 0.375. The maximum absolute atomic E-state index is 3.83. The van der Waals surface area contributed by atoms with Gasteiger partial charge in [0.15, 0.2) is 0 Å². The largest absolute Gasteiger partial charge is 0.303 e. The Morgan fingerprint density at radius 2 is 2.00 bits per heavy atom. The molecule has 0 saturated heterocycles. The first-order chi connectivity index (χ1) is 10.1. The van der Waals surface area contributed by atoms with Crippen molar-refractivity contribution >= 4 is 15.9 Å². The Labute approximate surface area is 135 Å². The van der Waals surface area contributed by atoms with Crippen LogP contribution in [0.1, 0.15) is 53.2 Å². The van der Waals surface area contributed by atoms with Crippen LogP contribution in [-0.4, -0.2) is 0 Å². The third-order valence-corrected chi connectivity index (χ3v) is 5.31. The second kappa shape index (κ2) is 5.94. The van der Waals surface area contributed by atoms with Crippen LogP contribution >= 0.6 is 15.9 Å². The summed E-state index contributed by atoms with van der Waals surface area (Å²) in [5, 5.41) is 3.83. The van der Waals surface area contributed by atoms with Crippen LogP contribution in [0.3, 0.4) is 0 Å². The summed E-state index contributed by atoms with van der Waals surface area (Å²) in [4.78, 5) is 0. The van der Waals surface area contributed by atoms with Crippen LogP contribution in [0.2, 0.25) is 0 Å². The molecule has 0 saturated carbocycles. The molecule has 2 atom stereocenters. The van der Waals surface area contributed by atoms with Crippen molar-refractivity contribution in [2.75, 3.05) is 0 Å². The van der Waals surface area contributed by atoms with E-state index in [2.05, 4.69) is 78.4 Å². The quantitative estimate of drug-likeness (QED) is 0.786. The van der Waals surface area contributed by atoms with Crippen LogP contribution in [-0.2, 0) is 6.42 Å². The zero-order valence-corrected chi connectivity index (χ0v) is 14.5. The molecule has 2 unspecified atom stereocenters. The minimum Gasteiger partial charge on any atom is -0.303 e. The predicted molar refractivity (Wildman–Crippen MR) is 92.7 cm³/mol. The van der Waals surface area contributed by atoms with Gasteiger partial charge in [-0.15, -0.1) is 0 Å². The van der Waals surface area contributed by atoms with Gasteiger partial charge in [-0.25, -0.2) is 0 Å². The summed E-state index contributed by atoms with van der Waals surface area (Å²) in [6, 6.07) is 14.1. The molecule has 2 heteroatoms. The number of rotatable bonds is 3. The van der Waals surface area contributed by atoms with Gasteiger partial charge in [0.25, 0.3) is 0 Å². The molecular formula is C19H22BrN. The highest BCUT2D eigenvalue weighted by molar-refractivity contribution is 9.10. The first kappa shape index (κ1) is 14.8. The number of halogens is 1. The van der Waals surface area contributed by atoms with E-state index in [0.29, 0.717) is 12.1 Å². The summed E-state index contributed by atoms with van der Waals surface area (Å²) in [7, 11) is 0. The molecule has 2 aromatic carbocycles. The van der Waals surface area contributed by atoms with E-state index in [9.17, 15) is 0 Å². The molecule has 1 N–H and O–H groups in total. The van der Waals surface area contributed by atoms with Gasteiger partial charge in [-0.2, -0.15) is 0 Å². The molecule has 0 spiro atoms. The molecule has 21 heavy (non-hydrogen) atoms. The number of hydrogen-bond acceptors (Lipinski definition) is 1. The zero-order valence-electron chi connectivity index (χ0n) is 12.9. The lowest BCUT2D eigenvalue weighted by Crippen LogP contribution is -2.23. The third kappa shape index (κ3) is 2.93. The SMILES string of the molecule is Cc1ccc(C)c(C(C)NC2CCc3c(Br)cccc32)c1. The summed E-state index contributed by atoms with van der Waals surface area (Å²) >= 11 is 3.68. The lowest BCUT2D eigenvalue weighted by Gasteiger charge is -2.22. The van der Waals surface area contributed by atoms with Gasteiger partial charge in [0.05, 0.1) is 0 Å². The average Bonchev–Trinajstić information content (AvgIpc) is 2.86. The van der Waals surface area contributed by atoms with Gasteiger partial charge in [-0.1, -0.05) is 51.8 Å². The molecule has 0 heterocycles. The average molecular weight is 344 g/mol. The second-order valence-corrected chi connectivity index (χ2v) is 7.00. The van der Waals surface area contributed by atoms with Gasteiger partial charge >= 0.3 is 0 Å². The van der Waals surface area contributed by atoms with Crippen molar-refractivity contribution in [1.29, 1.82) is 0 Å². The Morgan fingerprint density at radius 3 is 2.81 bits per heavy atom. The van der Waals surface area contributed by atoms with E-state index < -0.39 is 0 Å². The first-order valence-electron chi connectivity index (χ1n) is 7.66. The highest BCUT2D eigenvalue weighted by Gasteiger charge is 2.25. The molecule has 0 radical (unpaired) electrons. The van der Waals surface area contributed by atoms with E-state index in [1.807, 2.05) is 0 Å². The minimum atomic E-state index is 0.375. The van der Waals surface area contributed by atoms with Crippen LogP contribution in [0.5, 0.6) is 0 Å². The molecule has 1 aliphatic rings. The molecule has 0 aromatic heterocycles. The van der Waals surface area contributed by atoms with Crippen LogP contribution in [0, 0.1) is 13.8 Å². The van der Waals surface area contributed by atoms with Crippen molar-refractivity contribution in [1.82, 2.24) is 5.32 Å². The van der Waals surface area contributed by atoms with Crippen molar-refractivity contribution in [2.24, 2.45) is 0 Å². The highest BCUT2D eigenvalue weighted by Crippen LogP contribution is 2.37. The van der Waals surface area contributed by atoms with Crippen LogP contribution in [0.25, 0.3) is 0 Å². The number of aryl methyl sites for hydroxylation is 2. The lowest BCUT2D eigenvalue weighted by molar-refractivity contribution is 0.463. The van der Waals surface area contributed by atoms with Crippen molar-refractivity contribution < 1.29 is 0 Å². The van der Waals surface area contributed by atoms with Crippen molar-refractivity contribution in [3.05, 3.63) is 68.7 Å². The molecule has 3 rings (SSSR count). The van der Waals surface area contributed by atoms with E-state index in [4.69, 9.17) is 0 Å². The van der Waals surface area contributed by atoms with Gasteiger partial charge in [0.2, 0.25) is 0 Å². The van der Waals surface area contributed by atoms with E-state index in [0.717, 1.165) is 6.42 Å². The molecule has 1 aliphatic carbocycles. The van der Waals surface area contributed by atoms with Gasteiger partial charge in [0, 0.05) is 16.6 Å². The number of fused-ring (bicyclic) bond motifs is 1. The second-order valence-electron chi connectivity index (χ2n) is 6.15. The fraction of sp³-hybridized carbons (Fsp3) is 0.368. The lowest BCUT2D eigenvalue weighted by atomic mass is 9.98. The Morgan fingerprint density at radius 1 is 1.19 bits per heavy atom. The van der Waals surface area contributed by atoms with Crippen LogP contribution in [0.15, 0.2) is 40.9 Å². The van der Waals surface area contributed by atoms with Crippen LogP contribution < -0.4 is 5.32 Å². The molecular weight excluding hydrogens is 322 g/mol. The van der Waals surface area contributed by atoms with Crippen molar-refractivity contribution in [2.45, 2.75) is 45.7 Å². The predicted octanol–water partition coefficient (Wildman–Crippen LogP) is 5.40. The normalized spacial score (nSPS) is 18.6. The maximum atomic E-state index is 3.83. The molecule has 1 nitrogen and oxygen atoms in total. The summed E-state index contributed by atoms with van der Waals surface area (Å²) < 4.78 is 1.25. The van der Waals surface area contributed by atoms with E-state index in [-0.39, 0.29) is 0 Å². The Balaban J connectivity index is 1.83. The summed E-state index contributed by atoms with van der Waals surface area (Å²) in [5.41, 5.74) is 7.05. The smallest absolute Gasteiger partial charge is 0.0331 e.